The highest BCUT2D eigenvalue weighted by Crippen LogP contribution is 2.24. The molecule has 2 aromatic carbocycles. The van der Waals surface area contributed by atoms with Crippen LogP contribution in [0.1, 0.15) is 18.1 Å². The lowest BCUT2D eigenvalue weighted by Crippen LogP contribution is -2.20. The summed E-state index contributed by atoms with van der Waals surface area (Å²) in [6.45, 7) is 1.66. The Morgan fingerprint density at radius 3 is 2.69 bits per heavy atom. The van der Waals surface area contributed by atoms with Crippen molar-refractivity contribution in [1.82, 2.24) is 0 Å². The summed E-state index contributed by atoms with van der Waals surface area (Å²) in [4.78, 5) is 23.8. The molecule has 2 rings (SSSR count). The molecule has 0 spiro atoms. The number of aryl methyl sites for hydroxylation is 1. The van der Waals surface area contributed by atoms with Crippen LogP contribution < -0.4 is 10.1 Å². The molecule has 2 aromatic rings. The molecule has 6 heteroatoms. The second-order valence-corrected chi connectivity index (χ2v) is 6.30. The summed E-state index contributed by atoms with van der Waals surface area (Å²) in [7, 11) is 1.55. The predicted molar refractivity (Wildman–Crippen MR) is 105 cm³/mol. The molecule has 0 fully saturated rings. The standard InChI is InChI=1S/C20H20BrNO4/c1-3-14-6-4-5-7-17(14)22-19(23)13-26-20(24)11-8-15-12-16(21)9-10-18(15)25-2/h4-12H,3,13H2,1-2H3,(H,22,23)/b11-8+. The van der Waals surface area contributed by atoms with Gasteiger partial charge in [0.15, 0.2) is 6.61 Å². The molecular formula is C20H20BrNO4. The van der Waals surface area contributed by atoms with Crippen molar-refractivity contribution in [2.75, 3.05) is 19.0 Å². The Hall–Kier alpha value is -2.60. The average Bonchev–Trinajstić information content (AvgIpc) is 2.65. The summed E-state index contributed by atoms with van der Waals surface area (Å²) >= 11 is 3.37. The quantitative estimate of drug-likeness (QED) is 0.541. The van der Waals surface area contributed by atoms with E-state index in [0.717, 1.165) is 27.7 Å². The molecule has 0 heterocycles. The van der Waals surface area contributed by atoms with Crippen LogP contribution in [0, 0.1) is 0 Å². The van der Waals surface area contributed by atoms with Crippen LogP contribution in [0.2, 0.25) is 0 Å². The van der Waals surface area contributed by atoms with Gasteiger partial charge in [-0.1, -0.05) is 41.1 Å². The average molecular weight is 418 g/mol. The minimum absolute atomic E-state index is 0.350. The fourth-order valence-electron chi connectivity index (χ4n) is 2.31. The van der Waals surface area contributed by atoms with Crippen LogP contribution in [0.5, 0.6) is 5.75 Å². The van der Waals surface area contributed by atoms with Crippen LogP contribution >= 0.6 is 15.9 Å². The SMILES string of the molecule is CCc1ccccc1NC(=O)COC(=O)/C=C/c1cc(Br)ccc1OC. The van der Waals surface area contributed by atoms with Crippen molar-refractivity contribution in [3.05, 3.63) is 64.1 Å². The molecule has 26 heavy (non-hydrogen) atoms. The lowest BCUT2D eigenvalue weighted by Gasteiger charge is -2.09. The Kier molecular flexibility index (Phi) is 7.41. The van der Waals surface area contributed by atoms with Gasteiger partial charge in [-0.15, -0.1) is 0 Å². The molecule has 1 amide bonds. The zero-order valence-electron chi connectivity index (χ0n) is 14.6. The lowest BCUT2D eigenvalue weighted by molar-refractivity contribution is -0.142. The summed E-state index contributed by atoms with van der Waals surface area (Å²) in [5, 5.41) is 2.75. The Balaban J connectivity index is 1.90. The number of halogens is 1. The van der Waals surface area contributed by atoms with E-state index < -0.39 is 5.97 Å². The molecule has 0 aliphatic carbocycles. The molecule has 0 aromatic heterocycles. The first-order chi connectivity index (χ1) is 12.5. The van der Waals surface area contributed by atoms with Gasteiger partial charge in [-0.25, -0.2) is 4.79 Å². The van der Waals surface area contributed by atoms with Crippen molar-refractivity contribution >= 4 is 39.6 Å². The van der Waals surface area contributed by atoms with E-state index in [9.17, 15) is 9.59 Å². The Bertz CT molecular complexity index is 817. The molecule has 0 saturated carbocycles. The van der Waals surface area contributed by atoms with Gasteiger partial charge in [0.1, 0.15) is 5.75 Å². The summed E-state index contributed by atoms with van der Waals surface area (Å²) in [6, 6.07) is 13.0. The molecule has 1 N–H and O–H groups in total. The molecule has 0 atom stereocenters. The van der Waals surface area contributed by atoms with Gasteiger partial charge in [0.05, 0.1) is 7.11 Å². The van der Waals surface area contributed by atoms with Crippen molar-refractivity contribution in [3.63, 3.8) is 0 Å². The summed E-state index contributed by atoms with van der Waals surface area (Å²) in [5.74, 6) is -0.357. The van der Waals surface area contributed by atoms with E-state index in [1.54, 1.807) is 19.3 Å². The Morgan fingerprint density at radius 2 is 1.96 bits per heavy atom. The number of rotatable bonds is 7. The summed E-state index contributed by atoms with van der Waals surface area (Å²) in [5.41, 5.74) is 2.47. The Labute approximate surface area is 161 Å². The predicted octanol–water partition coefficient (Wildman–Crippen LogP) is 4.22. The van der Waals surface area contributed by atoms with Gasteiger partial charge in [-0.3, -0.25) is 4.79 Å². The number of hydrogen-bond acceptors (Lipinski definition) is 4. The maximum absolute atomic E-state index is 12.0. The van der Waals surface area contributed by atoms with Gasteiger partial charge in [-0.2, -0.15) is 0 Å². The van der Waals surface area contributed by atoms with Crippen LogP contribution in [0.4, 0.5) is 5.69 Å². The number of esters is 1. The Morgan fingerprint density at radius 1 is 1.19 bits per heavy atom. The molecule has 0 saturated heterocycles. The first-order valence-corrected chi connectivity index (χ1v) is 8.89. The van der Waals surface area contributed by atoms with E-state index in [-0.39, 0.29) is 12.5 Å². The first kappa shape index (κ1) is 19.7. The number of ether oxygens (including phenoxy) is 2. The van der Waals surface area contributed by atoms with Crippen LogP contribution in [-0.2, 0) is 20.7 Å². The number of carbonyl (C=O) groups is 2. The van der Waals surface area contributed by atoms with Crippen molar-refractivity contribution in [3.8, 4) is 5.75 Å². The number of carbonyl (C=O) groups excluding carboxylic acids is 2. The van der Waals surface area contributed by atoms with Gasteiger partial charge in [0.2, 0.25) is 0 Å². The molecule has 5 nitrogen and oxygen atoms in total. The highest BCUT2D eigenvalue weighted by molar-refractivity contribution is 9.10. The third-order valence-corrected chi connectivity index (χ3v) is 4.10. The number of benzene rings is 2. The third-order valence-electron chi connectivity index (χ3n) is 3.61. The second kappa shape index (κ2) is 9.77. The van der Waals surface area contributed by atoms with Gasteiger partial charge in [-0.05, 0) is 42.3 Å². The zero-order chi connectivity index (χ0) is 18.9. The molecule has 0 aliphatic rings. The minimum Gasteiger partial charge on any atom is -0.496 e. The smallest absolute Gasteiger partial charge is 0.331 e. The van der Waals surface area contributed by atoms with Crippen molar-refractivity contribution in [1.29, 1.82) is 0 Å². The third kappa shape index (κ3) is 5.74. The second-order valence-electron chi connectivity index (χ2n) is 5.39. The number of hydrogen-bond donors (Lipinski definition) is 1. The topological polar surface area (TPSA) is 64.6 Å². The molecule has 136 valence electrons. The summed E-state index contributed by atoms with van der Waals surface area (Å²) in [6.07, 6.45) is 3.64. The zero-order valence-corrected chi connectivity index (χ0v) is 16.2. The number of anilines is 1. The highest BCUT2D eigenvalue weighted by Gasteiger charge is 2.08. The number of para-hydroxylation sites is 1. The maximum atomic E-state index is 12.0. The molecule has 0 bridgehead atoms. The van der Waals surface area contributed by atoms with E-state index >= 15 is 0 Å². The van der Waals surface area contributed by atoms with E-state index in [4.69, 9.17) is 9.47 Å². The van der Waals surface area contributed by atoms with Gasteiger partial charge >= 0.3 is 5.97 Å². The van der Waals surface area contributed by atoms with Crippen LogP contribution in [0.15, 0.2) is 53.0 Å². The first-order valence-electron chi connectivity index (χ1n) is 8.09. The number of amides is 1. The minimum atomic E-state index is -0.606. The fourth-order valence-corrected chi connectivity index (χ4v) is 2.69. The van der Waals surface area contributed by atoms with Crippen molar-refractivity contribution in [2.24, 2.45) is 0 Å². The van der Waals surface area contributed by atoms with E-state index in [0.29, 0.717) is 5.75 Å². The van der Waals surface area contributed by atoms with Crippen molar-refractivity contribution < 1.29 is 19.1 Å². The van der Waals surface area contributed by atoms with Gasteiger partial charge < -0.3 is 14.8 Å². The molecule has 0 radical (unpaired) electrons. The maximum Gasteiger partial charge on any atom is 0.331 e. The van der Waals surface area contributed by atoms with Crippen molar-refractivity contribution in [2.45, 2.75) is 13.3 Å². The van der Waals surface area contributed by atoms with Gasteiger partial charge in [0.25, 0.3) is 5.91 Å². The van der Waals surface area contributed by atoms with Gasteiger partial charge in [0, 0.05) is 21.8 Å². The number of nitrogens with one attached hydrogen (secondary N) is 1. The van der Waals surface area contributed by atoms with E-state index in [2.05, 4.69) is 21.2 Å². The van der Waals surface area contributed by atoms with Crippen LogP contribution in [0.3, 0.4) is 0 Å². The monoisotopic (exact) mass is 417 g/mol. The highest BCUT2D eigenvalue weighted by atomic mass is 79.9. The molecular weight excluding hydrogens is 398 g/mol. The fraction of sp³-hybridized carbons (Fsp3) is 0.200. The summed E-state index contributed by atoms with van der Waals surface area (Å²) < 4.78 is 11.1. The lowest BCUT2D eigenvalue weighted by atomic mass is 10.1. The molecule has 0 unspecified atom stereocenters. The normalized spacial score (nSPS) is 10.6. The van der Waals surface area contributed by atoms with E-state index in [1.165, 1.54) is 6.08 Å². The van der Waals surface area contributed by atoms with Crippen LogP contribution in [-0.4, -0.2) is 25.6 Å². The molecule has 0 aliphatic heterocycles. The van der Waals surface area contributed by atoms with E-state index in [1.807, 2.05) is 43.3 Å². The number of methoxy groups -OCH3 is 1. The largest absolute Gasteiger partial charge is 0.496 e. The van der Waals surface area contributed by atoms with Crippen LogP contribution in [0.25, 0.3) is 6.08 Å².